The Morgan fingerprint density at radius 2 is 2.18 bits per heavy atom. The minimum absolute atomic E-state index is 0.343. The molecule has 92 valence electrons. The molecule has 6 heteroatoms. The number of aromatic nitrogens is 1. The number of hydrogen-bond acceptors (Lipinski definition) is 6. The summed E-state index contributed by atoms with van der Waals surface area (Å²) in [7, 11) is 1.24. The van der Waals surface area contributed by atoms with Crippen LogP contribution in [0.4, 0.5) is 0 Å². The lowest BCUT2D eigenvalue weighted by Crippen LogP contribution is -2.25. The minimum Gasteiger partial charge on any atom is -0.466 e. The van der Waals surface area contributed by atoms with Crippen LogP contribution in [0.15, 0.2) is 23.4 Å². The van der Waals surface area contributed by atoms with Gasteiger partial charge in [-0.1, -0.05) is 0 Å². The molecule has 1 heterocycles. The SMILES string of the molecule is COC(=O)[C@@H](C)OC(=O)c1cccnc1SC. The van der Waals surface area contributed by atoms with Crippen LogP contribution in [0, 0.1) is 0 Å². The molecule has 0 fully saturated rings. The van der Waals surface area contributed by atoms with Crippen molar-refractivity contribution in [3.05, 3.63) is 23.9 Å². The van der Waals surface area contributed by atoms with Gasteiger partial charge in [-0.2, -0.15) is 0 Å². The van der Waals surface area contributed by atoms with Crippen molar-refractivity contribution >= 4 is 23.7 Å². The molecule has 0 saturated heterocycles. The summed E-state index contributed by atoms with van der Waals surface area (Å²) in [5.41, 5.74) is 0.343. The van der Waals surface area contributed by atoms with Gasteiger partial charge in [-0.05, 0) is 25.3 Å². The van der Waals surface area contributed by atoms with Crippen molar-refractivity contribution in [1.82, 2.24) is 4.98 Å². The van der Waals surface area contributed by atoms with E-state index in [-0.39, 0.29) is 0 Å². The van der Waals surface area contributed by atoms with Crippen LogP contribution < -0.4 is 0 Å². The molecule has 0 radical (unpaired) electrons. The highest BCUT2D eigenvalue weighted by atomic mass is 32.2. The summed E-state index contributed by atoms with van der Waals surface area (Å²) in [4.78, 5) is 26.9. The van der Waals surface area contributed by atoms with Gasteiger partial charge in [0.2, 0.25) is 0 Å². The van der Waals surface area contributed by atoms with E-state index in [0.717, 1.165) is 0 Å². The first-order valence-corrected chi connectivity index (χ1v) is 6.10. The molecule has 5 nitrogen and oxygen atoms in total. The quantitative estimate of drug-likeness (QED) is 0.600. The number of hydrogen-bond donors (Lipinski definition) is 0. The second-order valence-corrected chi connectivity index (χ2v) is 3.93. The van der Waals surface area contributed by atoms with Gasteiger partial charge in [-0.3, -0.25) is 0 Å². The molecular weight excluding hydrogens is 242 g/mol. The van der Waals surface area contributed by atoms with E-state index in [1.807, 2.05) is 6.26 Å². The molecule has 0 spiro atoms. The number of ether oxygens (including phenoxy) is 2. The summed E-state index contributed by atoms with van der Waals surface area (Å²) >= 11 is 1.34. The maximum absolute atomic E-state index is 11.8. The Bertz CT molecular complexity index is 422. The summed E-state index contributed by atoms with van der Waals surface area (Å²) in [6.45, 7) is 1.46. The van der Waals surface area contributed by atoms with Crippen molar-refractivity contribution in [2.24, 2.45) is 0 Å². The monoisotopic (exact) mass is 255 g/mol. The van der Waals surface area contributed by atoms with E-state index in [1.54, 1.807) is 18.3 Å². The Morgan fingerprint density at radius 3 is 2.76 bits per heavy atom. The lowest BCUT2D eigenvalue weighted by Gasteiger charge is -2.11. The molecule has 0 bridgehead atoms. The van der Waals surface area contributed by atoms with Crippen LogP contribution in [0.1, 0.15) is 17.3 Å². The summed E-state index contributed by atoms with van der Waals surface area (Å²) < 4.78 is 9.43. The van der Waals surface area contributed by atoms with Gasteiger partial charge < -0.3 is 9.47 Å². The summed E-state index contributed by atoms with van der Waals surface area (Å²) in [5, 5.41) is 0.564. The summed E-state index contributed by atoms with van der Waals surface area (Å²) in [5.74, 6) is -1.17. The fraction of sp³-hybridized carbons (Fsp3) is 0.364. The minimum atomic E-state index is -0.928. The van der Waals surface area contributed by atoms with Crippen LogP contribution in [0.2, 0.25) is 0 Å². The highest BCUT2D eigenvalue weighted by Gasteiger charge is 2.21. The topological polar surface area (TPSA) is 65.5 Å². The van der Waals surface area contributed by atoms with Crippen LogP contribution in [-0.4, -0.2) is 36.4 Å². The maximum Gasteiger partial charge on any atom is 0.346 e. The molecule has 1 rings (SSSR count). The molecule has 0 unspecified atom stereocenters. The molecule has 1 aromatic heterocycles. The van der Waals surface area contributed by atoms with Gasteiger partial charge in [-0.25, -0.2) is 14.6 Å². The molecule has 0 aliphatic heterocycles. The van der Waals surface area contributed by atoms with Crippen LogP contribution >= 0.6 is 11.8 Å². The van der Waals surface area contributed by atoms with Gasteiger partial charge in [0.05, 0.1) is 12.7 Å². The molecular formula is C11H13NO4S. The van der Waals surface area contributed by atoms with Crippen LogP contribution in [0.25, 0.3) is 0 Å². The number of carbonyl (C=O) groups excluding carboxylic acids is 2. The van der Waals surface area contributed by atoms with E-state index < -0.39 is 18.0 Å². The summed E-state index contributed by atoms with van der Waals surface area (Å²) in [6, 6.07) is 3.24. The van der Waals surface area contributed by atoms with Crippen LogP contribution in [0.3, 0.4) is 0 Å². The van der Waals surface area contributed by atoms with Crippen molar-refractivity contribution in [3.63, 3.8) is 0 Å². The lowest BCUT2D eigenvalue weighted by atomic mass is 10.3. The fourth-order valence-corrected chi connectivity index (χ4v) is 1.68. The average Bonchev–Trinajstić information content (AvgIpc) is 2.37. The molecule has 0 saturated carbocycles. The van der Waals surface area contributed by atoms with Crippen molar-refractivity contribution < 1.29 is 19.1 Å². The highest BCUT2D eigenvalue weighted by molar-refractivity contribution is 7.98. The molecule has 17 heavy (non-hydrogen) atoms. The smallest absolute Gasteiger partial charge is 0.346 e. The van der Waals surface area contributed by atoms with Gasteiger partial charge in [0.15, 0.2) is 6.10 Å². The predicted molar refractivity (Wildman–Crippen MR) is 62.9 cm³/mol. The number of rotatable bonds is 4. The second-order valence-electron chi connectivity index (χ2n) is 3.13. The zero-order valence-corrected chi connectivity index (χ0v) is 10.6. The third kappa shape index (κ3) is 3.45. The van der Waals surface area contributed by atoms with E-state index in [0.29, 0.717) is 10.6 Å². The van der Waals surface area contributed by atoms with Gasteiger partial charge in [0, 0.05) is 6.20 Å². The zero-order valence-electron chi connectivity index (χ0n) is 9.80. The van der Waals surface area contributed by atoms with E-state index in [1.165, 1.54) is 25.8 Å². The van der Waals surface area contributed by atoms with Crippen LogP contribution in [0.5, 0.6) is 0 Å². The molecule has 1 aromatic rings. The van der Waals surface area contributed by atoms with E-state index in [4.69, 9.17) is 4.74 Å². The molecule has 0 aliphatic carbocycles. The Kier molecular flexibility index (Phi) is 4.96. The predicted octanol–water partition coefficient (Wildman–Crippen LogP) is 1.52. The Balaban J connectivity index is 2.79. The number of esters is 2. The third-order valence-corrected chi connectivity index (χ3v) is 2.71. The van der Waals surface area contributed by atoms with Crippen molar-refractivity contribution in [2.75, 3.05) is 13.4 Å². The highest BCUT2D eigenvalue weighted by Crippen LogP contribution is 2.18. The first kappa shape index (κ1) is 13.5. The van der Waals surface area contributed by atoms with Gasteiger partial charge in [0.1, 0.15) is 5.03 Å². The Labute approximate surface area is 104 Å². The lowest BCUT2D eigenvalue weighted by molar-refractivity contribution is -0.149. The van der Waals surface area contributed by atoms with E-state index >= 15 is 0 Å². The normalized spacial score (nSPS) is 11.7. The number of nitrogens with zero attached hydrogens (tertiary/aromatic N) is 1. The van der Waals surface area contributed by atoms with Crippen molar-refractivity contribution in [2.45, 2.75) is 18.1 Å². The third-order valence-electron chi connectivity index (χ3n) is 2.00. The molecule has 0 aromatic carbocycles. The number of thioether (sulfide) groups is 1. The van der Waals surface area contributed by atoms with E-state index in [9.17, 15) is 9.59 Å². The Hall–Kier alpha value is -1.56. The Morgan fingerprint density at radius 1 is 1.47 bits per heavy atom. The fourth-order valence-electron chi connectivity index (χ4n) is 1.15. The number of methoxy groups -OCH3 is 1. The van der Waals surface area contributed by atoms with Gasteiger partial charge >= 0.3 is 11.9 Å². The first-order chi connectivity index (χ1) is 8.10. The molecule has 0 N–H and O–H groups in total. The number of carbonyl (C=O) groups is 2. The molecule has 1 atom stereocenters. The second kappa shape index (κ2) is 6.24. The van der Waals surface area contributed by atoms with Crippen LogP contribution in [-0.2, 0) is 14.3 Å². The zero-order chi connectivity index (χ0) is 12.8. The van der Waals surface area contributed by atoms with Gasteiger partial charge in [0.25, 0.3) is 0 Å². The van der Waals surface area contributed by atoms with Gasteiger partial charge in [-0.15, -0.1) is 11.8 Å². The molecule has 0 aliphatic rings. The average molecular weight is 255 g/mol. The number of pyridine rings is 1. The first-order valence-electron chi connectivity index (χ1n) is 4.88. The summed E-state index contributed by atoms with van der Waals surface area (Å²) in [6.07, 6.45) is 2.47. The van der Waals surface area contributed by atoms with Crippen molar-refractivity contribution in [1.29, 1.82) is 0 Å². The van der Waals surface area contributed by atoms with Crippen molar-refractivity contribution in [3.8, 4) is 0 Å². The largest absolute Gasteiger partial charge is 0.466 e. The standard InChI is InChI=1S/C11H13NO4S/c1-7(10(13)15-2)16-11(14)8-5-4-6-12-9(8)17-3/h4-7H,1-3H3/t7-/m1/s1. The molecule has 0 amide bonds. The van der Waals surface area contributed by atoms with E-state index in [2.05, 4.69) is 9.72 Å². The maximum atomic E-state index is 11.8.